The molecule has 2 aromatic heterocycles. The summed E-state index contributed by atoms with van der Waals surface area (Å²) in [5, 5.41) is 23.1. The van der Waals surface area contributed by atoms with Crippen LogP contribution in [0.2, 0.25) is 0 Å². The van der Waals surface area contributed by atoms with Crippen LogP contribution in [-0.4, -0.2) is 75.9 Å². The highest BCUT2D eigenvalue weighted by molar-refractivity contribution is 7.90. The Morgan fingerprint density at radius 2 is 1.79 bits per heavy atom. The molecular formula is C24H28N6O7S. The molecule has 0 saturated carbocycles. The van der Waals surface area contributed by atoms with Crippen LogP contribution in [0, 0.1) is 0 Å². The summed E-state index contributed by atoms with van der Waals surface area (Å²) in [5.74, 6) is -0.0380. The molecule has 0 spiro atoms. The van der Waals surface area contributed by atoms with Crippen LogP contribution in [0.5, 0.6) is 11.6 Å². The summed E-state index contributed by atoms with van der Waals surface area (Å²) in [5.41, 5.74) is 0.803. The second-order valence-electron chi connectivity index (χ2n) is 9.13. The molecule has 4 aromatic rings. The fourth-order valence-corrected chi connectivity index (χ4v) is 5.74. The number of piperidine rings is 1. The predicted molar refractivity (Wildman–Crippen MR) is 139 cm³/mol. The van der Waals surface area contributed by atoms with Gasteiger partial charge in [0.15, 0.2) is 0 Å². The lowest BCUT2D eigenvalue weighted by atomic mass is 10.0. The van der Waals surface area contributed by atoms with Crippen molar-refractivity contribution in [3.8, 4) is 11.6 Å². The lowest BCUT2D eigenvalue weighted by molar-refractivity contribution is 0.103. The summed E-state index contributed by atoms with van der Waals surface area (Å²) < 4.78 is 31.5. The lowest BCUT2D eigenvalue weighted by Crippen LogP contribution is -2.45. The smallest absolute Gasteiger partial charge is 0.342 e. The molecule has 2 aromatic carbocycles. The summed E-state index contributed by atoms with van der Waals surface area (Å²) >= 11 is 0. The van der Waals surface area contributed by atoms with E-state index in [9.17, 15) is 28.2 Å². The average Bonchev–Trinajstić information content (AvgIpc) is 3.47. The number of hydrogen-bond donors (Lipinski definition) is 6. The number of nitrogens with zero attached hydrogens (tertiary/aromatic N) is 2. The van der Waals surface area contributed by atoms with Crippen LogP contribution in [0.4, 0.5) is 5.69 Å². The minimum Gasteiger partial charge on any atom is -0.493 e. The number of benzene rings is 2. The van der Waals surface area contributed by atoms with Gasteiger partial charge in [-0.15, -0.1) is 0 Å². The molecule has 0 unspecified atom stereocenters. The number of aliphatic hydroxyl groups excluding tert-OH is 1. The van der Waals surface area contributed by atoms with Gasteiger partial charge in [0.1, 0.15) is 24.0 Å². The van der Waals surface area contributed by atoms with Crippen molar-refractivity contribution in [2.45, 2.75) is 29.9 Å². The van der Waals surface area contributed by atoms with E-state index >= 15 is 0 Å². The van der Waals surface area contributed by atoms with Crippen molar-refractivity contribution in [3.63, 3.8) is 0 Å². The first-order chi connectivity index (χ1) is 18.2. The first-order valence-electron chi connectivity index (χ1n) is 12.1. The van der Waals surface area contributed by atoms with Crippen LogP contribution in [0.25, 0.3) is 11.0 Å². The van der Waals surface area contributed by atoms with Gasteiger partial charge in [-0.2, -0.15) is 3.97 Å². The molecular weight excluding hydrogens is 516 g/mol. The van der Waals surface area contributed by atoms with Gasteiger partial charge in [-0.05, 0) is 49.2 Å². The summed E-state index contributed by atoms with van der Waals surface area (Å²) in [4.78, 5) is 32.7. The Balaban J connectivity index is 1.10. The van der Waals surface area contributed by atoms with Gasteiger partial charge in [-0.3, -0.25) is 4.98 Å². The molecule has 1 aliphatic rings. The Morgan fingerprint density at radius 1 is 1.05 bits per heavy atom. The van der Waals surface area contributed by atoms with Gasteiger partial charge in [0.25, 0.3) is 10.0 Å². The van der Waals surface area contributed by atoms with Gasteiger partial charge in [0.05, 0.1) is 16.6 Å². The Bertz CT molecular complexity index is 1630. The van der Waals surface area contributed by atoms with Gasteiger partial charge in [-0.25, -0.2) is 18.0 Å². The lowest BCUT2D eigenvalue weighted by Gasteiger charge is -2.34. The number of aliphatic hydroxyl groups is 1. The minimum atomic E-state index is -4.12. The van der Waals surface area contributed by atoms with Crippen molar-refractivity contribution < 1.29 is 23.4 Å². The normalized spacial score (nSPS) is 15.7. The summed E-state index contributed by atoms with van der Waals surface area (Å²) in [6, 6.07) is 11.7. The second kappa shape index (κ2) is 10.4. The molecule has 0 bridgehead atoms. The number of H-pyrrole nitrogens is 3. The number of nitrogens with one attached hydrogen (secondary N) is 4. The number of hydrogen-bond acceptors (Lipinski definition) is 9. The summed E-state index contributed by atoms with van der Waals surface area (Å²) in [7, 11) is -4.12. The van der Waals surface area contributed by atoms with Gasteiger partial charge in [0.2, 0.25) is 5.88 Å². The van der Waals surface area contributed by atoms with E-state index in [1.54, 1.807) is 30.3 Å². The van der Waals surface area contributed by atoms with Gasteiger partial charge in [-0.1, -0.05) is 6.07 Å². The topological polar surface area (TPSA) is 186 Å². The van der Waals surface area contributed by atoms with Crippen LogP contribution in [0.1, 0.15) is 12.8 Å². The van der Waals surface area contributed by atoms with E-state index in [2.05, 4.69) is 20.2 Å². The zero-order chi connectivity index (χ0) is 26.9. The second-order valence-corrected chi connectivity index (χ2v) is 10.9. The van der Waals surface area contributed by atoms with E-state index in [1.165, 1.54) is 12.1 Å². The highest BCUT2D eigenvalue weighted by Gasteiger charge is 2.23. The third-order valence-electron chi connectivity index (χ3n) is 6.51. The van der Waals surface area contributed by atoms with Crippen LogP contribution < -0.4 is 26.3 Å². The third kappa shape index (κ3) is 5.32. The Hall–Kier alpha value is -4.01. The number of para-hydroxylation sites is 1. The number of aromatic amines is 3. The molecule has 0 amide bonds. The van der Waals surface area contributed by atoms with E-state index in [1.807, 2.05) is 4.98 Å². The molecule has 1 fully saturated rings. The maximum atomic E-state index is 12.7. The van der Waals surface area contributed by atoms with Gasteiger partial charge in [0, 0.05) is 31.4 Å². The van der Waals surface area contributed by atoms with Gasteiger partial charge >= 0.3 is 11.4 Å². The highest BCUT2D eigenvalue weighted by atomic mass is 32.2. The SMILES string of the molecule is O=c1[nH]c2cccc(OC[C@@H](O)CNC3CCN(c4ccc(S(=O)(=O)n5cc(O)[nH]c5=O)cc4)CC3)c2[nH]1. The zero-order valence-electron chi connectivity index (χ0n) is 20.3. The van der Waals surface area contributed by atoms with E-state index in [0.29, 0.717) is 27.3 Å². The van der Waals surface area contributed by atoms with Crippen LogP contribution in [-0.2, 0) is 10.0 Å². The van der Waals surface area contributed by atoms with Crippen molar-refractivity contribution >= 4 is 26.7 Å². The molecule has 1 saturated heterocycles. The maximum Gasteiger partial charge on any atom is 0.342 e. The number of aromatic hydroxyl groups is 1. The molecule has 14 heteroatoms. The first-order valence-corrected chi connectivity index (χ1v) is 13.5. The minimum absolute atomic E-state index is 0.0609. The van der Waals surface area contributed by atoms with Crippen LogP contribution in [0.15, 0.2) is 63.1 Å². The Morgan fingerprint density at radius 3 is 2.47 bits per heavy atom. The Labute approximate surface area is 216 Å². The van der Waals surface area contributed by atoms with Crippen molar-refractivity contribution in [1.82, 2.24) is 24.2 Å². The number of aromatic nitrogens is 4. The van der Waals surface area contributed by atoms with Crippen molar-refractivity contribution in [2.24, 2.45) is 0 Å². The zero-order valence-corrected chi connectivity index (χ0v) is 21.1. The number of fused-ring (bicyclic) bond motifs is 1. The fourth-order valence-electron chi connectivity index (χ4n) is 4.53. The van der Waals surface area contributed by atoms with Gasteiger partial charge < -0.3 is 35.1 Å². The molecule has 1 atom stereocenters. The molecule has 5 rings (SSSR count). The number of ether oxygens (including phenoxy) is 1. The molecule has 202 valence electrons. The van der Waals surface area contributed by atoms with Crippen LogP contribution in [0.3, 0.4) is 0 Å². The van der Waals surface area contributed by atoms with Crippen molar-refractivity contribution in [2.75, 3.05) is 31.1 Å². The number of anilines is 1. The van der Waals surface area contributed by atoms with E-state index in [0.717, 1.165) is 37.8 Å². The maximum absolute atomic E-state index is 12.7. The molecule has 0 radical (unpaired) electrons. The third-order valence-corrected chi connectivity index (χ3v) is 8.17. The first kappa shape index (κ1) is 25.6. The average molecular weight is 545 g/mol. The molecule has 38 heavy (non-hydrogen) atoms. The number of imidazole rings is 2. The number of rotatable bonds is 9. The van der Waals surface area contributed by atoms with Crippen molar-refractivity contribution in [1.29, 1.82) is 0 Å². The monoisotopic (exact) mass is 544 g/mol. The molecule has 13 nitrogen and oxygen atoms in total. The predicted octanol–water partition coefficient (Wildman–Crippen LogP) is 0.287. The Kier molecular flexibility index (Phi) is 7.01. The molecule has 1 aliphatic heterocycles. The fraction of sp³-hybridized carbons (Fsp3) is 0.333. The summed E-state index contributed by atoms with van der Waals surface area (Å²) in [6.45, 7) is 1.90. The quantitative estimate of drug-likeness (QED) is 0.172. The molecule has 6 N–H and O–H groups in total. The van der Waals surface area contributed by atoms with E-state index in [-0.39, 0.29) is 23.2 Å². The highest BCUT2D eigenvalue weighted by Crippen LogP contribution is 2.24. The molecule has 3 heterocycles. The van der Waals surface area contributed by atoms with Crippen LogP contribution >= 0.6 is 0 Å². The van der Waals surface area contributed by atoms with E-state index in [4.69, 9.17) is 4.74 Å². The largest absolute Gasteiger partial charge is 0.493 e. The standard InChI is InChI=1S/C24H28N6O7S/c31-17(14-37-20-3-1-2-19-22(20)28-23(33)26-19)12-25-15-8-10-29(11-9-15)16-4-6-18(7-5-16)38(35,36)30-13-21(32)27-24(30)34/h1-7,13,15,17,25,31-32H,8-12,14H2,(H,27,34)(H2,26,28,33)/t17-/m0/s1. The van der Waals surface area contributed by atoms with Crippen molar-refractivity contribution in [3.05, 3.63) is 69.6 Å². The summed E-state index contributed by atoms with van der Waals surface area (Å²) in [6.07, 6.45) is 1.75. The van der Waals surface area contributed by atoms with E-state index < -0.39 is 27.7 Å². The molecule has 0 aliphatic carbocycles.